The standard InChI is InChI=1S/C19H15F2N3O2/c20-14-7-4-8-15(21)18(14)19(25)22-11-12-26-17-10-9-16(23-24-17)13-5-2-1-3-6-13/h1-10H,11-12H2,(H,22,25). The maximum absolute atomic E-state index is 13.5. The van der Waals surface area contributed by atoms with Gasteiger partial charge >= 0.3 is 0 Å². The summed E-state index contributed by atoms with van der Waals surface area (Å²) in [6.45, 7) is 0.149. The molecule has 0 aliphatic heterocycles. The number of rotatable bonds is 6. The molecule has 7 heteroatoms. The largest absolute Gasteiger partial charge is 0.475 e. The Hall–Kier alpha value is -3.35. The van der Waals surface area contributed by atoms with Crippen molar-refractivity contribution in [1.82, 2.24) is 15.5 Å². The van der Waals surface area contributed by atoms with Crippen LogP contribution in [0.2, 0.25) is 0 Å². The van der Waals surface area contributed by atoms with Crippen LogP contribution in [-0.4, -0.2) is 29.3 Å². The molecule has 0 fully saturated rings. The van der Waals surface area contributed by atoms with E-state index >= 15 is 0 Å². The van der Waals surface area contributed by atoms with E-state index in [9.17, 15) is 13.6 Å². The van der Waals surface area contributed by atoms with Crippen LogP contribution in [0.15, 0.2) is 60.7 Å². The van der Waals surface area contributed by atoms with Crippen molar-refractivity contribution < 1.29 is 18.3 Å². The van der Waals surface area contributed by atoms with Gasteiger partial charge in [-0.25, -0.2) is 8.78 Å². The summed E-state index contributed by atoms with van der Waals surface area (Å²) in [6, 6.07) is 16.2. The Bertz CT molecular complexity index is 867. The number of hydrogen-bond donors (Lipinski definition) is 1. The maximum atomic E-state index is 13.5. The van der Waals surface area contributed by atoms with E-state index in [1.807, 2.05) is 30.3 Å². The third kappa shape index (κ3) is 4.18. The number of carbonyl (C=O) groups excluding carboxylic acids is 1. The highest BCUT2D eigenvalue weighted by atomic mass is 19.1. The van der Waals surface area contributed by atoms with Crippen LogP contribution in [0.1, 0.15) is 10.4 Å². The molecule has 1 amide bonds. The molecule has 3 rings (SSSR count). The van der Waals surface area contributed by atoms with Crippen molar-refractivity contribution in [2.75, 3.05) is 13.2 Å². The van der Waals surface area contributed by atoms with E-state index in [1.54, 1.807) is 12.1 Å². The molecule has 26 heavy (non-hydrogen) atoms. The summed E-state index contributed by atoms with van der Waals surface area (Å²) in [5, 5.41) is 10.4. The Balaban J connectivity index is 1.50. The van der Waals surface area contributed by atoms with Crippen molar-refractivity contribution in [2.45, 2.75) is 0 Å². The summed E-state index contributed by atoms with van der Waals surface area (Å²) in [5.41, 5.74) is 1.03. The van der Waals surface area contributed by atoms with Gasteiger partial charge in [0.25, 0.3) is 5.91 Å². The average Bonchev–Trinajstić information content (AvgIpc) is 2.66. The van der Waals surface area contributed by atoms with Gasteiger partial charge in [0.05, 0.1) is 12.2 Å². The Morgan fingerprint density at radius 2 is 1.65 bits per heavy atom. The van der Waals surface area contributed by atoms with Gasteiger partial charge in [0.1, 0.15) is 23.8 Å². The molecule has 0 aliphatic rings. The van der Waals surface area contributed by atoms with Crippen LogP contribution in [-0.2, 0) is 0 Å². The minimum atomic E-state index is -0.911. The molecule has 0 radical (unpaired) electrons. The molecule has 132 valence electrons. The summed E-state index contributed by atoms with van der Waals surface area (Å²) in [6.07, 6.45) is 0. The van der Waals surface area contributed by atoms with E-state index in [1.165, 1.54) is 6.07 Å². The molecule has 0 bridgehead atoms. The maximum Gasteiger partial charge on any atom is 0.257 e. The molecule has 1 N–H and O–H groups in total. The van der Waals surface area contributed by atoms with E-state index in [2.05, 4.69) is 15.5 Å². The van der Waals surface area contributed by atoms with Gasteiger partial charge in [-0.1, -0.05) is 36.4 Å². The van der Waals surface area contributed by atoms with Crippen molar-refractivity contribution in [1.29, 1.82) is 0 Å². The Morgan fingerprint density at radius 3 is 2.31 bits per heavy atom. The van der Waals surface area contributed by atoms with E-state index < -0.39 is 23.1 Å². The quantitative estimate of drug-likeness (QED) is 0.690. The van der Waals surface area contributed by atoms with Gasteiger partial charge in [-0.3, -0.25) is 4.79 Å². The van der Waals surface area contributed by atoms with Gasteiger partial charge in [-0.2, -0.15) is 0 Å². The Kier molecular flexibility index (Phi) is 5.48. The first kappa shape index (κ1) is 17.5. The molecule has 5 nitrogen and oxygen atoms in total. The van der Waals surface area contributed by atoms with Crippen LogP contribution in [0.25, 0.3) is 11.3 Å². The molecule has 0 spiro atoms. The van der Waals surface area contributed by atoms with E-state index in [0.717, 1.165) is 17.7 Å². The molecule has 2 aromatic carbocycles. The van der Waals surface area contributed by atoms with Gasteiger partial charge in [0, 0.05) is 11.6 Å². The predicted octanol–water partition coefficient (Wildman–Crippen LogP) is 3.23. The summed E-state index contributed by atoms with van der Waals surface area (Å²) in [5.74, 6) is -2.37. The average molecular weight is 355 g/mol. The van der Waals surface area contributed by atoms with Gasteiger partial charge in [-0.15, -0.1) is 10.2 Å². The van der Waals surface area contributed by atoms with Crippen LogP contribution in [0.3, 0.4) is 0 Å². The molecule has 0 saturated carbocycles. The fourth-order valence-corrected chi connectivity index (χ4v) is 2.28. The molecule has 1 heterocycles. The highest BCUT2D eigenvalue weighted by molar-refractivity contribution is 5.94. The zero-order chi connectivity index (χ0) is 18.4. The number of amides is 1. The molecular formula is C19H15F2N3O2. The Labute approximate surface area is 148 Å². The fourth-order valence-electron chi connectivity index (χ4n) is 2.28. The number of carbonyl (C=O) groups is 1. The molecule has 0 saturated heterocycles. The molecule has 0 atom stereocenters. The topological polar surface area (TPSA) is 64.1 Å². The third-order valence-corrected chi connectivity index (χ3v) is 3.54. The monoisotopic (exact) mass is 355 g/mol. The van der Waals surface area contributed by atoms with Gasteiger partial charge in [0.15, 0.2) is 0 Å². The number of hydrogen-bond acceptors (Lipinski definition) is 4. The lowest BCUT2D eigenvalue weighted by Gasteiger charge is -2.08. The van der Waals surface area contributed by atoms with Crippen LogP contribution in [0, 0.1) is 11.6 Å². The second kappa shape index (κ2) is 8.15. The first-order valence-corrected chi connectivity index (χ1v) is 7.89. The van der Waals surface area contributed by atoms with Gasteiger partial charge in [-0.05, 0) is 18.2 Å². The van der Waals surface area contributed by atoms with Crippen molar-refractivity contribution >= 4 is 5.91 Å². The Morgan fingerprint density at radius 1 is 0.923 bits per heavy atom. The number of nitrogens with one attached hydrogen (secondary N) is 1. The van der Waals surface area contributed by atoms with E-state index in [0.29, 0.717) is 5.69 Å². The summed E-state index contributed by atoms with van der Waals surface area (Å²) in [7, 11) is 0. The number of halogens is 2. The minimum absolute atomic E-state index is 0.0642. The summed E-state index contributed by atoms with van der Waals surface area (Å²) < 4.78 is 32.4. The van der Waals surface area contributed by atoms with Crippen LogP contribution in [0.5, 0.6) is 5.88 Å². The second-order valence-corrected chi connectivity index (χ2v) is 5.32. The lowest BCUT2D eigenvalue weighted by Crippen LogP contribution is -2.29. The summed E-state index contributed by atoms with van der Waals surface area (Å²) in [4.78, 5) is 11.8. The highest BCUT2D eigenvalue weighted by Gasteiger charge is 2.16. The number of nitrogens with zero attached hydrogens (tertiary/aromatic N) is 2. The van der Waals surface area contributed by atoms with Gasteiger partial charge in [0.2, 0.25) is 5.88 Å². The van der Waals surface area contributed by atoms with Crippen molar-refractivity contribution in [3.63, 3.8) is 0 Å². The molecule has 0 unspecified atom stereocenters. The summed E-state index contributed by atoms with van der Waals surface area (Å²) >= 11 is 0. The van der Waals surface area contributed by atoms with Crippen LogP contribution >= 0.6 is 0 Å². The normalized spacial score (nSPS) is 10.4. The lowest BCUT2D eigenvalue weighted by atomic mass is 10.1. The zero-order valence-corrected chi connectivity index (χ0v) is 13.7. The van der Waals surface area contributed by atoms with E-state index in [4.69, 9.17) is 4.74 Å². The number of aromatic nitrogens is 2. The van der Waals surface area contributed by atoms with Crippen molar-refractivity contribution in [3.05, 3.63) is 77.9 Å². The fraction of sp³-hybridized carbons (Fsp3) is 0.105. The van der Waals surface area contributed by atoms with Crippen LogP contribution < -0.4 is 10.1 Å². The second-order valence-electron chi connectivity index (χ2n) is 5.32. The molecule has 0 aliphatic carbocycles. The zero-order valence-electron chi connectivity index (χ0n) is 13.7. The first-order valence-electron chi connectivity index (χ1n) is 7.89. The smallest absolute Gasteiger partial charge is 0.257 e. The lowest BCUT2D eigenvalue weighted by molar-refractivity contribution is 0.0938. The minimum Gasteiger partial charge on any atom is -0.475 e. The third-order valence-electron chi connectivity index (χ3n) is 3.54. The number of benzene rings is 2. The highest BCUT2D eigenvalue weighted by Crippen LogP contribution is 2.17. The SMILES string of the molecule is O=C(NCCOc1ccc(-c2ccccc2)nn1)c1c(F)cccc1F. The molecular weight excluding hydrogens is 340 g/mol. The van der Waals surface area contributed by atoms with Crippen molar-refractivity contribution in [2.24, 2.45) is 0 Å². The number of ether oxygens (including phenoxy) is 1. The predicted molar refractivity (Wildman–Crippen MR) is 91.7 cm³/mol. The molecule has 1 aromatic heterocycles. The first-order chi connectivity index (χ1) is 12.6. The van der Waals surface area contributed by atoms with Crippen molar-refractivity contribution in [3.8, 4) is 17.1 Å². The molecule has 3 aromatic rings. The van der Waals surface area contributed by atoms with E-state index in [-0.39, 0.29) is 19.0 Å². The van der Waals surface area contributed by atoms with Crippen LogP contribution in [0.4, 0.5) is 8.78 Å². The van der Waals surface area contributed by atoms with Gasteiger partial charge < -0.3 is 10.1 Å².